The van der Waals surface area contributed by atoms with Gasteiger partial charge in [0.2, 0.25) is 5.91 Å². The number of nitrogens with zero attached hydrogens (tertiary/aromatic N) is 1. The number of nitrogens with one attached hydrogen (secondary N) is 2. The van der Waals surface area contributed by atoms with Crippen LogP contribution in [0.1, 0.15) is 11.1 Å². The van der Waals surface area contributed by atoms with Gasteiger partial charge in [0.25, 0.3) is 0 Å². The molecule has 1 aromatic heterocycles. The van der Waals surface area contributed by atoms with Crippen molar-refractivity contribution in [1.29, 1.82) is 0 Å². The second kappa shape index (κ2) is 9.67. The normalized spacial score (nSPS) is 11.6. The van der Waals surface area contributed by atoms with Crippen LogP contribution in [0.15, 0.2) is 48.7 Å². The lowest BCUT2D eigenvalue weighted by Crippen LogP contribution is -2.27. The molecule has 28 heavy (non-hydrogen) atoms. The second-order valence-corrected chi connectivity index (χ2v) is 5.36. The molecule has 2 N–H and O–H groups in total. The van der Waals surface area contributed by atoms with E-state index in [1.807, 2.05) is 0 Å². The summed E-state index contributed by atoms with van der Waals surface area (Å²) in [6, 6.07) is 7.99. The highest BCUT2D eigenvalue weighted by Gasteiger charge is 2.33. The first kappa shape index (κ1) is 21.1. The molecule has 0 unspecified atom stereocenters. The molecule has 0 aliphatic rings. The van der Waals surface area contributed by atoms with Gasteiger partial charge in [-0.2, -0.15) is 22.0 Å². The predicted octanol–water partition coefficient (Wildman–Crippen LogP) is 3.94. The van der Waals surface area contributed by atoms with Crippen LogP contribution in [0.4, 0.5) is 27.8 Å². The van der Waals surface area contributed by atoms with Crippen molar-refractivity contribution in [3.05, 3.63) is 59.8 Å². The predicted molar refractivity (Wildman–Crippen MR) is 92.8 cm³/mol. The van der Waals surface area contributed by atoms with E-state index >= 15 is 0 Å². The van der Waals surface area contributed by atoms with Gasteiger partial charge in [-0.1, -0.05) is 18.2 Å². The number of anilines is 1. The minimum atomic E-state index is -4.55. The first-order valence-electron chi connectivity index (χ1n) is 8.03. The SMILES string of the molecule is O=C(/C=C/c1ccccc1OC(F)F)NCCNc1ncccc1C(F)(F)F. The van der Waals surface area contributed by atoms with Crippen molar-refractivity contribution >= 4 is 17.8 Å². The second-order valence-electron chi connectivity index (χ2n) is 5.36. The molecule has 150 valence electrons. The average Bonchev–Trinajstić information content (AvgIpc) is 2.63. The first-order chi connectivity index (χ1) is 13.3. The van der Waals surface area contributed by atoms with Gasteiger partial charge in [0.15, 0.2) is 0 Å². The Labute approximate surface area is 157 Å². The fourth-order valence-electron chi connectivity index (χ4n) is 2.19. The van der Waals surface area contributed by atoms with Crippen LogP contribution < -0.4 is 15.4 Å². The summed E-state index contributed by atoms with van der Waals surface area (Å²) in [6.45, 7) is -2.97. The number of carbonyl (C=O) groups is 1. The maximum absolute atomic E-state index is 12.8. The number of rotatable bonds is 8. The smallest absolute Gasteiger partial charge is 0.419 e. The van der Waals surface area contributed by atoms with Crippen LogP contribution in [0.5, 0.6) is 5.75 Å². The molecule has 0 radical (unpaired) electrons. The van der Waals surface area contributed by atoms with E-state index in [4.69, 9.17) is 0 Å². The fourth-order valence-corrected chi connectivity index (χ4v) is 2.19. The molecule has 2 rings (SSSR count). The molecule has 0 saturated heterocycles. The van der Waals surface area contributed by atoms with E-state index in [1.165, 1.54) is 36.5 Å². The molecule has 0 aliphatic carbocycles. The summed E-state index contributed by atoms with van der Waals surface area (Å²) in [5.74, 6) is -0.971. The number of amides is 1. The monoisotopic (exact) mass is 401 g/mol. The lowest BCUT2D eigenvalue weighted by atomic mass is 10.2. The van der Waals surface area contributed by atoms with Crippen LogP contribution in [0.2, 0.25) is 0 Å². The first-order valence-corrected chi connectivity index (χ1v) is 8.03. The largest absolute Gasteiger partial charge is 0.434 e. The molecular formula is C18H16F5N3O2. The van der Waals surface area contributed by atoms with Crippen molar-refractivity contribution in [1.82, 2.24) is 10.3 Å². The van der Waals surface area contributed by atoms with Gasteiger partial charge in [0, 0.05) is 30.9 Å². The number of pyridine rings is 1. The quantitative estimate of drug-likeness (QED) is 0.400. The molecule has 0 atom stereocenters. The van der Waals surface area contributed by atoms with Crippen molar-refractivity contribution in [2.24, 2.45) is 0 Å². The Balaban J connectivity index is 1.85. The number of halogens is 5. The summed E-state index contributed by atoms with van der Waals surface area (Å²) >= 11 is 0. The molecule has 0 fully saturated rings. The zero-order valence-corrected chi connectivity index (χ0v) is 14.3. The molecule has 0 spiro atoms. The molecule has 0 saturated carbocycles. The summed E-state index contributed by atoms with van der Waals surface area (Å²) in [5, 5.41) is 4.96. The van der Waals surface area contributed by atoms with Gasteiger partial charge < -0.3 is 15.4 Å². The molecule has 5 nitrogen and oxygen atoms in total. The Morgan fingerprint density at radius 3 is 2.61 bits per heavy atom. The highest BCUT2D eigenvalue weighted by atomic mass is 19.4. The van der Waals surface area contributed by atoms with Crippen molar-refractivity contribution in [3.8, 4) is 5.75 Å². The Morgan fingerprint density at radius 2 is 1.89 bits per heavy atom. The molecule has 0 aliphatic heterocycles. The molecule has 10 heteroatoms. The Kier molecular flexibility index (Phi) is 7.30. The Hall–Kier alpha value is -3.17. The third kappa shape index (κ3) is 6.53. The maximum atomic E-state index is 12.8. The van der Waals surface area contributed by atoms with Crippen LogP contribution in [-0.2, 0) is 11.0 Å². The van der Waals surface area contributed by atoms with Crippen LogP contribution in [0.25, 0.3) is 6.08 Å². The van der Waals surface area contributed by atoms with E-state index in [9.17, 15) is 26.7 Å². The maximum Gasteiger partial charge on any atom is 0.419 e. The minimum Gasteiger partial charge on any atom is -0.434 e. The minimum absolute atomic E-state index is 0.00472. The summed E-state index contributed by atoms with van der Waals surface area (Å²) < 4.78 is 67.5. The number of hydrogen-bond acceptors (Lipinski definition) is 4. The third-order valence-electron chi connectivity index (χ3n) is 3.38. The van der Waals surface area contributed by atoms with Crippen molar-refractivity contribution in [2.45, 2.75) is 12.8 Å². The van der Waals surface area contributed by atoms with E-state index in [-0.39, 0.29) is 30.2 Å². The Bertz CT molecular complexity index is 825. The number of hydrogen-bond donors (Lipinski definition) is 2. The number of para-hydroxylation sites is 1. The third-order valence-corrected chi connectivity index (χ3v) is 3.38. The van der Waals surface area contributed by atoms with Crippen LogP contribution in [-0.4, -0.2) is 30.6 Å². The van der Waals surface area contributed by atoms with E-state index in [2.05, 4.69) is 20.4 Å². The lowest BCUT2D eigenvalue weighted by molar-refractivity contribution is -0.137. The molecule has 2 aromatic rings. The number of benzene rings is 1. The number of carbonyl (C=O) groups excluding carboxylic acids is 1. The number of aromatic nitrogens is 1. The summed E-state index contributed by atoms with van der Waals surface area (Å²) in [5.41, 5.74) is -0.628. The van der Waals surface area contributed by atoms with Gasteiger partial charge in [-0.15, -0.1) is 0 Å². The van der Waals surface area contributed by atoms with Crippen molar-refractivity contribution < 1.29 is 31.5 Å². The summed E-state index contributed by atoms with van der Waals surface area (Å²) in [7, 11) is 0. The molecule has 1 amide bonds. The van der Waals surface area contributed by atoms with Gasteiger partial charge >= 0.3 is 12.8 Å². The highest BCUT2D eigenvalue weighted by molar-refractivity contribution is 5.92. The lowest BCUT2D eigenvalue weighted by Gasteiger charge is -2.13. The molecular weight excluding hydrogens is 385 g/mol. The standard InChI is InChI=1S/C18H16F5N3O2/c19-17(20)28-14-6-2-1-4-12(14)7-8-15(27)24-10-11-26-16-13(18(21,22)23)5-3-9-25-16/h1-9,17H,10-11H2,(H,24,27)(H,25,26)/b8-7+. The van der Waals surface area contributed by atoms with Crippen LogP contribution in [0.3, 0.4) is 0 Å². The van der Waals surface area contributed by atoms with E-state index in [0.29, 0.717) is 0 Å². The zero-order chi connectivity index (χ0) is 20.6. The highest BCUT2D eigenvalue weighted by Crippen LogP contribution is 2.33. The van der Waals surface area contributed by atoms with Gasteiger partial charge in [0.1, 0.15) is 11.6 Å². The van der Waals surface area contributed by atoms with Gasteiger partial charge in [-0.05, 0) is 24.3 Å². The molecule has 1 heterocycles. The van der Waals surface area contributed by atoms with Gasteiger partial charge in [-0.25, -0.2) is 4.98 Å². The van der Waals surface area contributed by atoms with E-state index in [1.54, 1.807) is 6.07 Å². The zero-order valence-electron chi connectivity index (χ0n) is 14.3. The summed E-state index contributed by atoms with van der Waals surface area (Å²) in [6.07, 6.45) is -0.926. The average molecular weight is 401 g/mol. The van der Waals surface area contributed by atoms with Crippen molar-refractivity contribution in [2.75, 3.05) is 18.4 Å². The van der Waals surface area contributed by atoms with E-state index < -0.39 is 24.3 Å². The van der Waals surface area contributed by atoms with Crippen LogP contribution in [0, 0.1) is 0 Å². The van der Waals surface area contributed by atoms with Crippen LogP contribution >= 0.6 is 0 Å². The topological polar surface area (TPSA) is 63.2 Å². The summed E-state index contributed by atoms with van der Waals surface area (Å²) in [4.78, 5) is 15.4. The van der Waals surface area contributed by atoms with Gasteiger partial charge in [-0.3, -0.25) is 4.79 Å². The number of ether oxygens (including phenoxy) is 1. The Morgan fingerprint density at radius 1 is 1.14 bits per heavy atom. The number of alkyl halides is 5. The van der Waals surface area contributed by atoms with Crippen molar-refractivity contribution in [3.63, 3.8) is 0 Å². The fraction of sp³-hybridized carbons (Fsp3) is 0.222. The van der Waals surface area contributed by atoms with Gasteiger partial charge in [0.05, 0.1) is 5.56 Å². The van der Waals surface area contributed by atoms with E-state index in [0.717, 1.165) is 12.1 Å². The molecule has 1 aromatic carbocycles. The molecule has 0 bridgehead atoms.